The van der Waals surface area contributed by atoms with Crippen molar-refractivity contribution < 1.29 is 4.79 Å². The number of rotatable bonds is 8. The van der Waals surface area contributed by atoms with Gasteiger partial charge in [-0.2, -0.15) is 5.10 Å². The van der Waals surface area contributed by atoms with Crippen molar-refractivity contribution in [1.29, 1.82) is 0 Å². The van der Waals surface area contributed by atoms with E-state index in [1.165, 1.54) is 11.1 Å². The van der Waals surface area contributed by atoms with E-state index in [9.17, 15) is 4.79 Å². The number of hydrogen-bond acceptors (Lipinski definition) is 3. The summed E-state index contributed by atoms with van der Waals surface area (Å²) in [6.45, 7) is 4.95. The highest BCUT2D eigenvalue weighted by atomic mass is 16.2. The second-order valence-corrected chi connectivity index (χ2v) is 8.53. The number of aromatic nitrogens is 2. The Hall–Kier alpha value is -3.70. The molecular weight excluding hydrogens is 408 g/mol. The van der Waals surface area contributed by atoms with Crippen molar-refractivity contribution in [1.82, 2.24) is 15.1 Å². The first-order chi connectivity index (χ1) is 16.0. The van der Waals surface area contributed by atoms with Gasteiger partial charge in [-0.05, 0) is 41.7 Å². The van der Waals surface area contributed by atoms with Crippen LogP contribution in [0.1, 0.15) is 35.6 Å². The van der Waals surface area contributed by atoms with Crippen LogP contribution in [0.5, 0.6) is 0 Å². The minimum Gasteiger partial charge on any atom is -0.324 e. The molecule has 0 radical (unpaired) electrons. The first-order valence-corrected chi connectivity index (χ1v) is 11.2. The topological polar surface area (TPSA) is 59.0 Å². The second kappa shape index (κ2) is 10.3. The fourth-order valence-corrected chi connectivity index (χ4v) is 3.85. The van der Waals surface area contributed by atoms with E-state index in [1.807, 2.05) is 74.0 Å². The average Bonchev–Trinajstić information content (AvgIpc) is 3.27. The number of hydrogen-bond donors (Lipinski definition) is 2. The zero-order valence-corrected chi connectivity index (χ0v) is 19.3. The first-order valence-electron chi connectivity index (χ1n) is 11.2. The smallest absolute Gasteiger partial charge is 0.246 e. The third kappa shape index (κ3) is 5.76. The summed E-state index contributed by atoms with van der Waals surface area (Å²) in [7, 11) is 1.90. The zero-order chi connectivity index (χ0) is 23.2. The Morgan fingerprint density at radius 3 is 2.24 bits per heavy atom. The van der Waals surface area contributed by atoms with Gasteiger partial charge in [-0.25, -0.2) is 0 Å². The lowest BCUT2D eigenvalue weighted by molar-refractivity contribution is -0.118. The number of anilines is 1. The molecule has 4 rings (SSSR count). The molecule has 0 unspecified atom stereocenters. The fraction of sp³-hybridized carbons (Fsp3) is 0.214. The first kappa shape index (κ1) is 22.5. The van der Waals surface area contributed by atoms with Crippen LogP contribution in [0.15, 0.2) is 91.3 Å². The van der Waals surface area contributed by atoms with Gasteiger partial charge in [0.05, 0.1) is 6.20 Å². The van der Waals surface area contributed by atoms with E-state index in [0.29, 0.717) is 6.54 Å². The van der Waals surface area contributed by atoms with Crippen LogP contribution in [-0.2, 0) is 11.8 Å². The van der Waals surface area contributed by atoms with E-state index in [1.54, 1.807) is 4.68 Å². The van der Waals surface area contributed by atoms with Crippen LogP contribution in [0.2, 0.25) is 0 Å². The molecule has 1 heterocycles. The standard InChI is InChI=1S/C28H30N4O/c1-20-9-11-22(12-10-20)21(2)17-29-27(24-7-5-4-6-8-24)28(33)31-26-15-13-23(14-16-26)25-18-30-32(3)19-25/h4-16,18-19,21,27,29H,17H2,1-3H3,(H,31,33)/t21-,27-/m1/s1. The molecule has 33 heavy (non-hydrogen) atoms. The summed E-state index contributed by atoms with van der Waals surface area (Å²) in [6.07, 6.45) is 3.80. The molecule has 0 saturated heterocycles. The molecule has 5 nitrogen and oxygen atoms in total. The van der Waals surface area contributed by atoms with Crippen molar-refractivity contribution in [2.75, 3.05) is 11.9 Å². The van der Waals surface area contributed by atoms with Gasteiger partial charge in [-0.1, -0.05) is 79.2 Å². The van der Waals surface area contributed by atoms with Crippen LogP contribution >= 0.6 is 0 Å². The normalized spacial score (nSPS) is 12.8. The molecule has 2 N–H and O–H groups in total. The van der Waals surface area contributed by atoms with Crippen LogP contribution in [0.4, 0.5) is 5.69 Å². The van der Waals surface area contributed by atoms with Crippen molar-refractivity contribution in [3.05, 3.63) is 108 Å². The maximum atomic E-state index is 13.3. The molecule has 4 aromatic rings. The maximum absolute atomic E-state index is 13.3. The van der Waals surface area contributed by atoms with Crippen LogP contribution in [0.25, 0.3) is 11.1 Å². The van der Waals surface area contributed by atoms with Gasteiger partial charge in [0.25, 0.3) is 0 Å². The summed E-state index contributed by atoms with van der Waals surface area (Å²) in [5.41, 5.74) is 6.32. The van der Waals surface area contributed by atoms with Gasteiger partial charge in [-0.3, -0.25) is 9.48 Å². The van der Waals surface area contributed by atoms with Gasteiger partial charge in [0, 0.05) is 31.0 Å². The fourth-order valence-electron chi connectivity index (χ4n) is 3.85. The molecule has 5 heteroatoms. The molecule has 1 amide bonds. The number of carbonyl (C=O) groups excluding carboxylic acids is 1. The van der Waals surface area contributed by atoms with Gasteiger partial charge in [-0.15, -0.1) is 0 Å². The zero-order valence-electron chi connectivity index (χ0n) is 19.3. The predicted molar refractivity (Wildman–Crippen MR) is 134 cm³/mol. The monoisotopic (exact) mass is 438 g/mol. The SMILES string of the molecule is Cc1ccc([C@H](C)CN[C@@H](C(=O)Nc2ccc(-c3cnn(C)c3)cc2)c2ccccc2)cc1. The molecule has 0 fully saturated rings. The Morgan fingerprint density at radius 1 is 0.909 bits per heavy atom. The highest BCUT2D eigenvalue weighted by Gasteiger charge is 2.21. The Morgan fingerprint density at radius 2 is 1.61 bits per heavy atom. The molecule has 0 aliphatic carbocycles. The quantitative estimate of drug-likeness (QED) is 0.384. The number of nitrogens with one attached hydrogen (secondary N) is 2. The number of amides is 1. The summed E-state index contributed by atoms with van der Waals surface area (Å²) < 4.78 is 1.78. The predicted octanol–water partition coefficient (Wildman–Crippen LogP) is 5.47. The Balaban J connectivity index is 1.46. The van der Waals surface area contributed by atoms with E-state index in [2.05, 4.69) is 53.8 Å². The molecule has 168 valence electrons. The molecule has 2 atom stereocenters. The van der Waals surface area contributed by atoms with Crippen LogP contribution in [0, 0.1) is 6.92 Å². The Bertz CT molecular complexity index is 1180. The number of benzene rings is 3. The van der Waals surface area contributed by atoms with Crippen molar-refractivity contribution in [3.63, 3.8) is 0 Å². The summed E-state index contributed by atoms with van der Waals surface area (Å²) >= 11 is 0. The lowest BCUT2D eigenvalue weighted by atomic mass is 9.98. The molecule has 1 aromatic heterocycles. The van der Waals surface area contributed by atoms with Crippen LogP contribution in [-0.4, -0.2) is 22.2 Å². The van der Waals surface area contributed by atoms with Gasteiger partial charge in [0.15, 0.2) is 0 Å². The summed E-state index contributed by atoms with van der Waals surface area (Å²) in [5.74, 6) is 0.204. The van der Waals surface area contributed by atoms with Crippen molar-refractivity contribution in [2.45, 2.75) is 25.8 Å². The third-order valence-electron chi connectivity index (χ3n) is 5.86. The van der Waals surface area contributed by atoms with Gasteiger partial charge < -0.3 is 10.6 Å². The van der Waals surface area contributed by atoms with Gasteiger partial charge >= 0.3 is 0 Å². The lowest BCUT2D eigenvalue weighted by Crippen LogP contribution is -2.35. The minimum atomic E-state index is -0.447. The van der Waals surface area contributed by atoms with E-state index in [4.69, 9.17) is 0 Å². The molecule has 0 aliphatic rings. The van der Waals surface area contributed by atoms with E-state index in [0.717, 1.165) is 22.4 Å². The lowest BCUT2D eigenvalue weighted by Gasteiger charge is -2.22. The molecule has 0 aliphatic heterocycles. The molecular formula is C28H30N4O. The van der Waals surface area contributed by atoms with E-state index in [-0.39, 0.29) is 11.8 Å². The Kier molecular flexibility index (Phi) is 7.01. The minimum absolute atomic E-state index is 0.0774. The highest BCUT2D eigenvalue weighted by Crippen LogP contribution is 2.23. The van der Waals surface area contributed by atoms with Gasteiger partial charge in [0.1, 0.15) is 6.04 Å². The molecule has 0 spiro atoms. The van der Waals surface area contributed by atoms with E-state index < -0.39 is 6.04 Å². The summed E-state index contributed by atoms with van der Waals surface area (Å²) in [5, 5.41) is 10.8. The molecule has 0 bridgehead atoms. The van der Waals surface area contributed by atoms with Gasteiger partial charge in [0.2, 0.25) is 5.91 Å². The average molecular weight is 439 g/mol. The van der Waals surface area contributed by atoms with Crippen LogP contribution in [0.3, 0.4) is 0 Å². The Labute approximate surface area is 195 Å². The maximum Gasteiger partial charge on any atom is 0.246 e. The molecule has 3 aromatic carbocycles. The molecule has 0 saturated carbocycles. The number of carbonyl (C=O) groups is 1. The van der Waals surface area contributed by atoms with Crippen molar-refractivity contribution in [2.24, 2.45) is 7.05 Å². The third-order valence-corrected chi connectivity index (χ3v) is 5.86. The van der Waals surface area contributed by atoms with E-state index >= 15 is 0 Å². The van der Waals surface area contributed by atoms with Crippen molar-refractivity contribution >= 4 is 11.6 Å². The number of aryl methyl sites for hydroxylation is 2. The second-order valence-electron chi connectivity index (χ2n) is 8.53. The highest BCUT2D eigenvalue weighted by molar-refractivity contribution is 5.95. The summed E-state index contributed by atoms with van der Waals surface area (Å²) in [4.78, 5) is 13.3. The van der Waals surface area contributed by atoms with Crippen LogP contribution < -0.4 is 10.6 Å². The summed E-state index contributed by atoms with van der Waals surface area (Å²) in [6, 6.07) is 25.8. The largest absolute Gasteiger partial charge is 0.324 e. The van der Waals surface area contributed by atoms with Crippen molar-refractivity contribution in [3.8, 4) is 11.1 Å². The number of nitrogens with zero attached hydrogens (tertiary/aromatic N) is 2.